The molecule has 1 aliphatic rings. The first-order valence-electron chi connectivity index (χ1n) is 9.96. The van der Waals surface area contributed by atoms with Crippen LogP contribution in [0.5, 0.6) is 5.75 Å². The monoisotopic (exact) mass is 457 g/mol. The third-order valence-electron chi connectivity index (χ3n) is 5.02. The Bertz CT molecular complexity index is 1190. The van der Waals surface area contributed by atoms with Gasteiger partial charge in [-0.3, -0.25) is 4.79 Å². The zero-order chi connectivity index (χ0) is 22.6. The average Bonchev–Trinajstić information content (AvgIpc) is 3.32. The van der Waals surface area contributed by atoms with E-state index in [1.54, 1.807) is 17.1 Å². The Balaban J connectivity index is 1.57. The summed E-state index contributed by atoms with van der Waals surface area (Å²) in [6.45, 7) is 1.73. The number of nitrogens with one attached hydrogen (secondary N) is 1. The molecule has 2 aromatic carbocycles. The van der Waals surface area contributed by atoms with Crippen molar-refractivity contribution >= 4 is 21.6 Å². The van der Waals surface area contributed by atoms with E-state index in [0.29, 0.717) is 25.4 Å². The van der Waals surface area contributed by atoms with Gasteiger partial charge in [-0.05, 0) is 35.9 Å². The van der Waals surface area contributed by atoms with Gasteiger partial charge in [-0.15, -0.1) is 0 Å². The lowest BCUT2D eigenvalue weighted by molar-refractivity contribution is 0.0730. The van der Waals surface area contributed by atoms with Crippen molar-refractivity contribution in [3.8, 4) is 5.75 Å². The largest absolute Gasteiger partial charge is 0.496 e. The van der Waals surface area contributed by atoms with Crippen LogP contribution in [0.4, 0.5) is 5.69 Å². The number of nitrogens with zero attached hydrogens (tertiary/aromatic N) is 4. The molecule has 1 aromatic heterocycles. The second-order valence-electron chi connectivity index (χ2n) is 7.13. The van der Waals surface area contributed by atoms with E-state index >= 15 is 0 Å². The molecule has 3 aromatic rings. The smallest absolute Gasteiger partial charge is 0.259 e. The van der Waals surface area contributed by atoms with Gasteiger partial charge in [0, 0.05) is 18.8 Å². The summed E-state index contributed by atoms with van der Waals surface area (Å²) in [5.74, 6) is -0.194. The van der Waals surface area contributed by atoms with Crippen LogP contribution >= 0.6 is 0 Å². The summed E-state index contributed by atoms with van der Waals surface area (Å²) in [6.07, 6.45) is 3.06. The summed E-state index contributed by atoms with van der Waals surface area (Å²) in [5, 5.41) is 6.90. The van der Waals surface area contributed by atoms with Gasteiger partial charge in [-0.2, -0.15) is 9.40 Å². The van der Waals surface area contributed by atoms with Crippen LogP contribution < -0.4 is 10.1 Å². The van der Waals surface area contributed by atoms with Gasteiger partial charge < -0.3 is 14.8 Å². The summed E-state index contributed by atoms with van der Waals surface area (Å²) in [4.78, 5) is 17.0. The molecule has 168 valence electrons. The summed E-state index contributed by atoms with van der Waals surface area (Å²) in [5.41, 5.74) is 1.61. The van der Waals surface area contributed by atoms with E-state index in [0.717, 1.165) is 5.56 Å². The molecule has 0 unspecified atom stereocenters. The van der Waals surface area contributed by atoms with Gasteiger partial charge >= 0.3 is 0 Å². The number of aromatic nitrogens is 3. The average molecular weight is 458 g/mol. The van der Waals surface area contributed by atoms with Gasteiger partial charge in [0.25, 0.3) is 5.91 Å². The second kappa shape index (κ2) is 9.47. The quantitative estimate of drug-likeness (QED) is 0.573. The summed E-state index contributed by atoms with van der Waals surface area (Å²) in [6, 6.07) is 11.6. The number of anilines is 1. The predicted molar refractivity (Wildman–Crippen MR) is 116 cm³/mol. The number of methoxy groups -OCH3 is 1. The van der Waals surface area contributed by atoms with Gasteiger partial charge in [0.1, 0.15) is 18.4 Å². The number of rotatable bonds is 7. The Morgan fingerprint density at radius 2 is 2.00 bits per heavy atom. The number of carbonyl (C=O) groups is 1. The minimum atomic E-state index is -3.75. The molecule has 0 radical (unpaired) electrons. The van der Waals surface area contributed by atoms with Crippen LogP contribution in [0.2, 0.25) is 0 Å². The third kappa shape index (κ3) is 4.79. The highest BCUT2D eigenvalue weighted by molar-refractivity contribution is 7.89. The lowest BCUT2D eigenvalue weighted by Gasteiger charge is -2.26. The minimum absolute atomic E-state index is 0.0327. The third-order valence-corrected chi connectivity index (χ3v) is 6.91. The van der Waals surface area contributed by atoms with Crippen LogP contribution in [0, 0.1) is 0 Å². The summed E-state index contributed by atoms with van der Waals surface area (Å²) in [7, 11) is -2.32. The number of amides is 1. The summed E-state index contributed by atoms with van der Waals surface area (Å²) < 4.78 is 39.6. The van der Waals surface area contributed by atoms with Gasteiger partial charge in [0.15, 0.2) is 0 Å². The number of hydrogen-bond donors (Lipinski definition) is 1. The molecule has 1 saturated heterocycles. The molecular formula is C21H23N5O5S. The number of hydrogen-bond acceptors (Lipinski definition) is 7. The van der Waals surface area contributed by atoms with Crippen LogP contribution in [0.1, 0.15) is 15.9 Å². The van der Waals surface area contributed by atoms with Gasteiger partial charge in [-0.1, -0.05) is 12.1 Å². The predicted octanol–water partition coefficient (Wildman–Crippen LogP) is 1.61. The van der Waals surface area contributed by atoms with Crippen molar-refractivity contribution in [3.63, 3.8) is 0 Å². The van der Waals surface area contributed by atoms with Crippen molar-refractivity contribution in [1.29, 1.82) is 0 Å². The normalized spacial score (nSPS) is 14.8. The van der Waals surface area contributed by atoms with E-state index in [1.807, 2.05) is 18.2 Å². The first-order valence-corrected chi connectivity index (χ1v) is 11.4. The molecule has 2 heterocycles. The fourth-order valence-electron chi connectivity index (χ4n) is 3.41. The number of benzene rings is 2. The molecule has 1 N–H and O–H groups in total. The van der Waals surface area contributed by atoms with Crippen molar-refractivity contribution in [3.05, 3.63) is 66.2 Å². The van der Waals surface area contributed by atoms with Crippen molar-refractivity contribution in [1.82, 2.24) is 19.1 Å². The molecular weight excluding hydrogens is 434 g/mol. The highest BCUT2D eigenvalue weighted by Gasteiger charge is 2.28. The van der Waals surface area contributed by atoms with Gasteiger partial charge in [-0.25, -0.2) is 18.1 Å². The van der Waals surface area contributed by atoms with Crippen molar-refractivity contribution in [2.24, 2.45) is 0 Å². The first kappa shape index (κ1) is 21.9. The van der Waals surface area contributed by atoms with Crippen molar-refractivity contribution in [2.75, 3.05) is 38.7 Å². The molecule has 0 aliphatic carbocycles. The molecule has 0 spiro atoms. The fraction of sp³-hybridized carbons (Fsp3) is 0.286. The zero-order valence-corrected chi connectivity index (χ0v) is 18.3. The van der Waals surface area contributed by atoms with E-state index < -0.39 is 15.9 Å². The Hall–Kier alpha value is -3.28. The molecule has 10 nitrogen and oxygen atoms in total. The molecule has 1 aliphatic heterocycles. The SMILES string of the molecule is COc1ccc(S(=O)(=O)N2CCOCC2)cc1C(=O)Nc1cccc(Cn2cncn2)c1. The van der Waals surface area contributed by atoms with Crippen LogP contribution in [0.3, 0.4) is 0 Å². The Labute approximate surface area is 185 Å². The standard InChI is InChI=1S/C21H23N5O5S/c1-30-20-6-5-18(32(28,29)26-7-9-31-10-8-26)12-19(20)21(27)24-17-4-2-3-16(11-17)13-25-15-22-14-23-25/h2-6,11-12,14-15H,7-10,13H2,1H3,(H,24,27). The maximum Gasteiger partial charge on any atom is 0.259 e. The zero-order valence-electron chi connectivity index (χ0n) is 17.5. The van der Waals surface area contributed by atoms with E-state index in [2.05, 4.69) is 15.4 Å². The van der Waals surface area contributed by atoms with E-state index in [4.69, 9.17) is 9.47 Å². The highest BCUT2D eigenvalue weighted by atomic mass is 32.2. The number of carbonyl (C=O) groups excluding carboxylic acids is 1. The number of sulfonamides is 1. The summed E-state index contributed by atoms with van der Waals surface area (Å²) >= 11 is 0. The minimum Gasteiger partial charge on any atom is -0.496 e. The number of ether oxygens (including phenoxy) is 2. The molecule has 1 amide bonds. The molecule has 0 saturated carbocycles. The Morgan fingerprint density at radius 3 is 2.72 bits per heavy atom. The first-order chi connectivity index (χ1) is 15.5. The van der Waals surface area contributed by atoms with Crippen LogP contribution in [0.25, 0.3) is 0 Å². The lowest BCUT2D eigenvalue weighted by Crippen LogP contribution is -2.40. The van der Waals surface area contributed by atoms with E-state index in [1.165, 1.54) is 35.9 Å². The number of morpholine rings is 1. The van der Waals surface area contributed by atoms with Crippen molar-refractivity contribution < 1.29 is 22.7 Å². The van der Waals surface area contributed by atoms with Crippen LogP contribution in [-0.4, -0.2) is 66.8 Å². The van der Waals surface area contributed by atoms with Gasteiger partial charge in [0.05, 0.1) is 37.3 Å². The van der Waals surface area contributed by atoms with E-state index in [9.17, 15) is 13.2 Å². The van der Waals surface area contributed by atoms with Crippen LogP contribution in [0.15, 0.2) is 60.0 Å². The molecule has 0 atom stereocenters. The van der Waals surface area contributed by atoms with E-state index in [-0.39, 0.29) is 29.3 Å². The maximum absolute atomic E-state index is 13.0. The fourth-order valence-corrected chi connectivity index (χ4v) is 4.84. The van der Waals surface area contributed by atoms with Gasteiger partial charge in [0.2, 0.25) is 10.0 Å². The maximum atomic E-state index is 13.0. The molecule has 32 heavy (non-hydrogen) atoms. The highest BCUT2D eigenvalue weighted by Crippen LogP contribution is 2.26. The Morgan fingerprint density at radius 1 is 1.19 bits per heavy atom. The lowest BCUT2D eigenvalue weighted by atomic mass is 10.1. The van der Waals surface area contributed by atoms with Crippen LogP contribution in [-0.2, 0) is 21.3 Å². The molecule has 0 bridgehead atoms. The molecule has 1 fully saturated rings. The second-order valence-corrected chi connectivity index (χ2v) is 9.06. The topological polar surface area (TPSA) is 116 Å². The molecule has 11 heteroatoms. The molecule has 4 rings (SSSR count). The van der Waals surface area contributed by atoms with Crippen molar-refractivity contribution in [2.45, 2.75) is 11.4 Å². The Kier molecular flexibility index (Phi) is 6.49.